The van der Waals surface area contributed by atoms with Crippen molar-refractivity contribution in [1.29, 1.82) is 0 Å². The van der Waals surface area contributed by atoms with E-state index in [9.17, 15) is 18.0 Å². The number of carbonyl (C=O) groups is 1. The molecule has 0 radical (unpaired) electrons. The van der Waals surface area contributed by atoms with Crippen LogP contribution in [0.3, 0.4) is 0 Å². The third-order valence-electron chi connectivity index (χ3n) is 6.99. The summed E-state index contributed by atoms with van der Waals surface area (Å²) in [6, 6.07) is 7.12. The molecule has 2 aliphatic carbocycles. The predicted molar refractivity (Wildman–Crippen MR) is 115 cm³/mol. The molecule has 1 aliphatic heterocycles. The van der Waals surface area contributed by atoms with Gasteiger partial charge in [0.05, 0.1) is 16.9 Å². The lowest BCUT2D eigenvalue weighted by atomic mass is 9.86. The van der Waals surface area contributed by atoms with Crippen LogP contribution < -0.4 is 15.9 Å². The van der Waals surface area contributed by atoms with E-state index in [-0.39, 0.29) is 23.0 Å². The van der Waals surface area contributed by atoms with Crippen molar-refractivity contribution in [2.75, 3.05) is 34.9 Å². The van der Waals surface area contributed by atoms with Crippen LogP contribution in [0.15, 0.2) is 29.1 Å². The first-order valence-electron chi connectivity index (χ1n) is 10.7. The van der Waals surface area contributed by atoms with Gasteiger partial charge in [-0.25, -0.2) is 13.8 Å². The lowest BCUT2D eigenvalue weighted by molar-refractivity contribution is -0.118. The zero-order valence-corrected chi connectivity index (χ0v) is 17.6. The van der Waals surface area contributed by atoms with Crippen LogP contribution in [-0.2, 0) is 14.6 Å². The number of sulfone groups is 1. The number of amides is 1. The number of aromatic nitrogens is 2. The zero-order valence-electron chi connectivity index (χ0n) is 16.8. The lowest BCUT2D eigenvalue weighted by Gasteiger charge is -2.29. The maximum atomic E-state index is 12.9. The highest BCUT2D eigenvalue weighted by molar-refractivity contribution is 7.91. The fourth-order valence-electron chi connectivity index (χ4n) is 5.43. The topological polar surface area (TPSA) is 101 Å². The molecule has 8 nitrogen and oxygen atoms in total. The fourth-order valence-corrected chi connectivity index (χ4v) is 6.64. The van der Waals surface area contributed by atoms with Gasteiger partial charge in [-0.2, -0.15) is 0 Å². The summed E-state index contributed by atoms with van der Waals surface area (Å²) in [5.74, 6) is 2.23. The molecule has 3 fully saturated rings. The van der Waals surface area contributed by atoms with E-state index in [0.717, 1.165) is 17.1 Å². The number of anilines is 1. The third kappa shape index (κ3) is 3.59. The molecule has 3 atom stereocenters. The van der Waals surface area contributed by atoms with Gasteiger partial charge in [-0.3, -0.25) is 9.59 Å². The first-order valence-corrected chi connectivity index (χ1v) is 12.5. The highest BCUT2D eigenvalue weighted by Gasteiger charge is 2.40. The van der Waals surface area contributed by atoms with E-state index >= 15 is 0 Å². The smallest absolute Gasteiger partial charge is 0.294 e. The summed E-state index contributed by atoms with van der Waals surface area (Å²) in [6.45, 7) is 0.632. The fraction of sp³-hybridized carbons (Fsp3) is 0.571. The number of nitrogens with one attached hydrogen (secondary N) is 1. The van der Waals surface area contributed by atoms with Gasteiger partial charge in [-0.05, 0) is 43.1 Å². The number of rotatable bonds is 4. The molecule has 2 aromatic rings. The van der Waals surface area contributed by atoms with Crippen molar-refractivity contribution < 1.29 is 13.2 Å². The standard InChI is InChI=1S/C21H26N4O4S/c26-19(13-16-12-14-5-6-15(16)11-14)22-25-21(27)18-4-2-1-3-17(18)20(23-25)24-7-9-30(28,29)10-8-24/h1-4,14-16H,5-13H2,(H,22,26)/t14-,15+,16-/m1/s1. The summed E-state index contributed by atoms with van der Waals surface area (Å²) in [5.41, 5.74) is 2.32. The second-order valence-electron chi connectivity index (χ2n) is 8.90. The molecule has 1 N–H and O–H groups in total. The van der Waals surface area contributed by atoms with Crippen molar-refractivity contribution in [2.24, 2.45) is 17.8 Å². The number of fused-ring (bicyclic) bond motifs is 3. The minimum atomic E-state index is -3.04. The third-order valence-corrected chi connectivity index (χ3v) is 8.60. The Bertz CT molecular complexity index is 1150. The Morgan fingerprint density at radius 2 is 1.83 bits per heavy atom. The van der Waals surface area contributed by atoms with E-state index in [0.29, 0.717) is 47.9 Å². The van der Waals surface area contributed by atoms with E-state index in [4.69, 9.17) is 0 Å². The van der Waals surface area contributed by atoms with Crippen molar-refractivity contribution in [3.05, 3.63) is 34.6 Å². The van der Waals surface area contributed by atoms with Crippen molar-refractivity contribution in [1.82, 2.24) is 9.89 Å². The zero-order chi connectivity index (χ0) is 20.9. The van der Waals surface area contributed by atoms with Gasteiger partial charge < -0.3 is 4.90 Å². The largest absolute Gasteiger partial charge is 0.353 e. The molecule has 0 spiro atoms. The molecule has 160 valence electrons. The molecule has 3 aliphatic rings. The summed E-state index contributed by atoms with van der Waals surface area (Å²) >= 11 is 0. The van der Waals surface area contributed by atoms with Gasteiger partial charge in [-0.15, -0.1) is 9.89 Å². The monoisotopic (exact) mass is 430 g/mol. The van der Waals surface area contributed by atoms with E-state index in [1.165, 1.54) is 19.3 Å². The van der Waals surface area contributed by atoms with Crippen LogP contribution in [0.2, 0.25) is 0 Å². The van der Waals surface area contributed by atoms with Crippen LogP contribution in [0.1, 0.15) is 32.1 Å². The molecular weight excluding hydrogens is 404 g/mol. The van der Waals surface area contributed by atoms with Crippen LogP contribution in [0.5, 0.6) is 0 Å². The summed E-state index contributed by atoms with van der Waals surface area (Å²) in [4.78, 5) is 28.6. The van der Waals surface area contributed by atoms with E-state index in [1.54, 1.807) is 12.1 Å². The molecule has 1 saturated heterocycles. The Kier molecular flexibility index (Phi) is 4.80. The Labute approximate surface area is 175 Å². The van der Waals surface area contributed by atoms with Crippen LogP contribution in [0.25, 0.3) is 10.8 Å². The predicted octanol–water partition coefficient (Wildman–Crippen LogP) is 1.53. The molecule has 0 unspecified atom stereocenters. The summed E-state index contributed by atoms with van der Waals surface area (Å²) < 4.78 is 23.6. The number of nitrogens with zero attached hydrogens (tertiary/aromatic N) is 3. The Morgan fingerprint density at radius 1 is 1.10 bits per heavy atom. The van der Waals surface area contributed by atoms with Crippen molar-refractivity contribution >= 4 is 32.3 Å². The van der Waals surface area contributed by atoms with E-state index < -0.39 is 9.84 Å². The number of benzene rings is 1. The molecule has 1 aromatic heterocycles. The summed E-state index contributed by atoms with van der Waals surface area (Å²) in [5, 5.41) is 5.56. The van der Waals surface area contributed by atoms with Crippen LogP contribution in [0.4, 0.5) is 5.82 Å². The summed E-state index contributed by atoms with van der Waals surface area (Å²) in [6.07, 6.45) is 5.24. The first-order chi connectivity index (χ1) is 14.4. The molecule has 1 amide bonds. The van der Waals surface area contributed by atoms with Crippen LogP contribution in [-0.4, -0.2) is 48.8 Å². The quantitative estimate of drug-likeness (QED) is 0.789. The minimum absolute atomic E-state index is 0.0543. The van der Waals surface area contributed by atoms with E-state index in [1.807, 2.05) is 17.0 Å². The normalized spacial score (nSPS) is 27.5. The second-order valence-corrected chi connectivity index (χ2v) is 11.2. The molecule has 2 heterocycles. The molecule has 1 aromatic carbocycles. The number of hydrogen-bond donors (Lipinski definition) is 1. The Balaban J connectivity index is 1.42. The van der Waals surface area contributed by atoms with Gasteiger partial charge >= 0.3 is 0 Å². The van der Waals surface area contributed by atoms with Gasteiger partial charge in [0.1, 0.15) is 0 Å². The van der Waals surface area contributed by atoms with Crippen molar-refractivity contribution in [3.8, 4) is 0 Å². The first kappa shape index (κ1) is 19.5. The molecule has 2 bridgehead atoms. The SMILES string of the molecule is O=C(C[C@H]1C[C@@H]2CC[C@H]1C2)Nn1nc(N2CCS(=O)(=O)CC2)c2ccccc2c1=O. The second kappa shape index (κ2) is 7.37. The molecular formula is C21H26N4O4S. The molecule has 5 rings (SSSR count). The maximum absolute atomic E-state index is 12.9. The average molecular weight is 431 g/mol. The molecule has 9 heteroatoms. The number of carbonyl (C=O) groups excluding carboxylic acids is 1. The molecule has 30 heavy (non-hydrogen) atoms. The average Bonchev–Trinajstić information content (AvgIpc) is 3.34. The van der Waals surface area contributed by atoms with Gasteiger partial charge in [-0.1, -0.05) is 24.6 Å². The molecule has 2 saturated carbocycles. The number of hydrogen-bond acceptors (Lipinski definition) is 6. The highest BCUT2D eigenvalue weighted by Crippen LogP contribution is 2.49. The van der Waals surface area contributed by atoms with Gasteiger partial charge in [0.25, 0.3) is 5.56 Å². The van der Waals surface area contributed by atoms with Gasteiger partial charge in [0, 0.05) is 24.9 Å². The van der Waals surface area contributed by atoms with E-state index in [2.05, 4.69) is 10.5 Å². The summed E-state index contributed by atoms with van der Waals surface area (Å²) in [7, 11) is -3.04. The lowest BCUT2D eigenvalue weighted by Crippen LogP contribution is -2.43. The van der Waals surface area contributed by atoms with Crippen LogP contribution in [0, 0.1) is 17.8 Å². The van der Waals surface area contributed by atoms with Crippen LogP contribution >= 0.6 is 0 Å². The van der Waals surface area contributed by atoms with Crippen molar-refractivity contribution in [3.63, 3.8) is 0 Å². The van der Waals surface area contributed by atoms with Gasteiger partial charge in [0.2, 0.25) is 5.91 Å². The maximum Gasteiger partial charge on any atom is 0.294 e. The Morgan fingerprint density at radius 3 is 2.50 bits per heavy atom. The minimum Gasteiger partial charge on any atom is -0.353 e. The Hall–Kier alpha value is -2.42. The highest BCUT2D eigenvalue weighted by atomic mass is 32.2. The van der Waals surface area contributed by atoms with Gasteiger partial charge in [0.15, 0.2) is 15.7 Å². The van der Waals surface area contributed by atoms with Crippen molar-refractivity contribution in [2.45, 2.75) is 32.1 Å².